The summed E-state index contributed by atoms with van der Waals surface area (Å²) in [7, 11) is -4.43. The second-order valence-corrected chi connectivity index (χ2v) is 15.7. The number of benzene rings is 1. The van der Waals surface area contributed by atoms with Gasteiger partial charge in [-0.15, -0.1) is 0 Å². The van der Waals surface area contributed by atoms with Crippen LogP contribution in [-0.4, -0.2) is 32.8 Å². The zero-order valence-electron chi connectivity index (χ0n) is 32.4. The monoisotopic (exact) mass is 711 g/mol. The highest BCUT2D eigenvalue weighted by Gasteiger charge is 2.21. The Morgan fingerprint density at radius 1 is 0.408 bits per heavy atom. The van der Waals surface area contributed by atoms with E-state index in [0.29, 0.717) is 37.1 Å². The summed E-state index contributed by atoms with van der Waals surface area (Å²) in [6.07, 6.45) is 37.1. The standard InChI is InChI=1S/C42H78O6S/c1-4-7-10-13-16-19-22-25-28-31-34-46-40-37-39(49(43,44)45)38-41(47-35-32-29-26-23-20-17-14-11-8-5-2)42(40)48-36-33-30-27-24-21-18-15-12-9-6-3/h37-38H,4-36H2,1-3H3,(H,43,44,45). The van der Waals surface area contributed by atoms with Gasteiger partial charge < -0.3 is 14.2 Å². The zero-order chi connectivity index (χ0) is 35.7. The van der Waals surface area contributed by atoms with Gasteiger partial charge in [-0.05, 0) is 19.3 Å². The minimum atomic E-state index is -4.43. The molecule has 0 unspecified atom stereocenters. The van der Waals surface area contributed by atoms with Crippen molar-refractivity contribution in [3.8, 4) is 17.2 Å². The number of rotatable bonds is 37. The molecular formula is C42H78O6S. The van der Waals surface area contributed by atoms with Crippen molar-refractivity contribution in [3.63, 3.8) is 0 Å². The van der Waals surface area contributed by atoms with Gasteiger partial charge in [0.05, 0.1) is 19.8 Å². The van der Waals surface area contributed by atoms with Gasteiger partial charge in [-0.1, -0.05) is 194 Å². The molecule has 0 aliphatic carbocycles. The second kappa shape index (κ2) is 32.4. The molecule has 0 bridgehead atoms. The summed E-state index contributed by atoms with van der Waals surface area (Å²) in [6, 6.07) is 2.79. The molecule has 0 saturated heterocycles. The summed E-state index contributed by atoms with van der Waals surface area (Å²) < 4.78 is 53.0. The lowest BCUT2D eigenvalue weighted by Gasteiger charge is -2.18. The van der Waals surface area contributed by atoms with Gasteiger partial charge in [-0.25, -0.2) is 0 Å². The predicted octanol–water partition coefficient (Wildman–Crippen LogP) is 13.8. The maximum Gasteiger partial charge on any atom is 0.294 e. The van der Waals surface area contributed by atoms with Crippen LogP contribution in [0, 0.1) is 0 Å². The molecule has 1 aromatic rings. The first-order chi connectivity index (χ1) is 23.9. The predicted molar refractivity (Wildman–Crippen MR) is 208 cm³/mol. The van der Waals surface area contributed by atoms with Gasteiger partial charge in [0.15, 0.2) is 11.5 Å². The van der Waals surface area contributed by atoms with Crippen molar-refractivity contribution in [2.24, 2.45) is 0 Å². The van der Waals surface area contributed by atoms with Crippen LogP contribution in [0.1, 0.15) is 213 Å². The SMILES string of the molecule is CCCCCCCCCCCCOc1cc(S(=O)(=O)O)cc(OCCCCCCCCCCCC)c1OCCCCCCCCCCCC. The summed E-state index contributed by atoms with van der Waals surface area (Å²) in [4.78, 5) is -0.213. The van der Waals surface area contributed by atoms with Gasteiger partial charge in [-0.3, -0.25) is 4.55 Å². The smallest absolute Gasteiger partial charge is 0.294 e. The number of ether oxygens (including phenoxy) is 3. The van der Waals surface area contributed by atoms with Crippen LogP contribution in [0.3, 0.4) is 0 Å². The quantitative estimate of drug-likeness (QED) is 0.0547. The van der Waals surface area contributed by atoms with Gasteiger partial charge >= 0.3 is 0 Å². The maximum atomic E-state index is 12.2. The molecule has 7 heteroatoms. The summed E-state index contributed by atoms with van der Waals surface area (Å²) >= 11 is 0. The van der Waals surface area contributed by atoms with E-state index in [1.165, 1.54) is 166 Å². The number of unbranched alkanes of at least 4 members (excludes halogenated alkanes) is 27. The van der Waals surface area contributed by atoms with Crippen molar-refractivity contribution in [1.29, 1.82) is 0 Å². The zero-order valence-corrected chi connectivity index (χ0v) is 33.2. The Labute approximate surface area is 304 Å². The third-order valence-corrected chi connectivity index (χ3v) is 10.4. The van der Waals surface area contributed by atoms with Crippen LogP contribution >= 0.6 is 0 Å². The van der Waals surface area contributed by atoms with Gasteiger partial charge in [0.1, 0.15) is 4.90 Å². The van der Waals surface area contributed by atoms with Crippen LogP contribution in [0.4, 0.5) is 0 Å². The highest BCUT2D eigenvalue weighted by Crippen LogP contribution is 2.41. The lowest BCUT2D eigenvalue weighted by Crippen LogP contribution is -2.08. The fraction of sp³-hybridized carbons (Fsp3) is 0.857. The molecule has 0 amide bonds. The summed E-state index contributed by atoms with van der Waals surface area (Å²) in [5.41, 5.74) is 0. The van der Waals surface area contributed by atoms with Crippen LogP contribution in [0.15, 0.2) is 17.0 Å². The Balaban J connectivity index is 2.69. The summed E-state index contributed by atoms with van der Waals surface area (Å²) in [5, 5.41) is 0. The topological polar surface area (TPSA) is 82.1 Å². The van der Waals surface area contributed by atoms with E-state index < -0.39 is 10.1 Å². The first-order valence-electron chi connectivity index (χ1n) is 21.0. The molecular weight excluding hydrogens is 633 g/mol. The maximum absolute atomic E-state index is 12.2. The molecule has 0 saturated carbocycles. The van der Waals surface area contributed by atoms with Gasteiger partial charge in [-0.2, -0.15) is 8.42 Å². The van der Waals surface area contributed by atoms with E-state index in [1.54, 1.807) is 0 Å². The first kappa shape index (κ1) is 45.6. The third-order valence-electron chi connectivity index (χ3n) is 9.55. The molecule has 288 valence electrons. The van der Waals surface area contributed by atoms with E-state index in [9.17, 15) is 13.0 Å². The molecule has 1 N–H and O–H groups in total. The van der Waals surface area contributed by atoms with E-state index in [4.69, 9.17) is 14.2 Å². The van der Waals surface area contributed by atoms with Crippen molar-refractivity contribution in [2.45, 2.75) is 218 Å². The highest BCUT2D eigenvalue weighted by atomic mass is 32.2. The van der Waals surface area contributed by atoms with Crippen LogP contribution in [0.2, 0.25) is 0 Å². The lowest BCUT2D eigenvalue weighted by molar-refractivity contribution is 0.233. The van der Waals surface area contributed by atoms with E-state index in [2.05, 4.69) is 20.8 Å². The normalized spacial score (nSPS) is 11.7. The van der Waals surface area contributed by atoms with Crippen LogP contribution in [0.5, 0.6) is 17.2 Å². The summed E-state index contributed by atoms with van der Waals surface area (Å²) in [5.74, 6) is 1.15. The molecule has 0 aromatic heterocycles. The third kappa shape index (κ3) is 26.0. The Morgan fingerprint density at radius 2 is 0.653 bits per heavy atom. The second-order valence-electron chi connectivity index (χ2n) is 14.3. The van der Waals surface area contributed by atoms with Gasteiger partial charge in [0.2, 0.25) is 5.75 Å². The molecule has 0 atom stereocenters. The fourth-order valence-electron chi connectivity index (χ4n) is 6.37. The van der Waals surface area contributed by atoms with Crippen LogP contribution in [-0.2, 0) is 10.1 Å². The fourth-order valence-corrected chi connectivity index (χ4v) is 6.88. The number of hydrogen-bond donors (Lipinski definition) is 1. The van der Waals surface area contributed by atoms with Crippen molar-refractivity contribution in [1.82, 2.24) is 0 Å². The van der Waals surface area contributed by atoms with Crippen molar-refractivity contribution >= 4 is 10.1 Å². The van der Waals surface area contributed by atoms with E-state index in [0.717, 1.165) is 38.5 Å². The van der Waals surface area contributed by atoms with Crippen LogP contribution in [0.25, 0.3) is 0 Å². The van der Waals surface area contributed by atoms with E-state index in [1.807, 2.05) is 0 Å². The molecule has 6 nitrogen and oxygen atoms in total. The van der Waals surface area contributed by atoms with Gasteiger partial charge in [0.25, 0.3) is 10.1 Å². The van der Waals surface area contributed by atoms with Crippen molar-refractivity contribution in [2.75, 3.05) is 19.8 Å². The molecule has 0 spiro atoms. The van der Waals surface area contributed by atoms with E-state index >= 15 is 0 Å². The van der Waals surface area contributed by atoms with Crippen LogP contribution < -0.4 is 14.2 Å². The Morgan fingerprint density at radius 3 is 0.918 bits per heavy atom. The summed E-state index contributed by atoms with van der Waals surface area (Å²) in [6.45, 7) is 8.22. The van der Waals surface area contributed by atoms with Crippen molar-refractivity contribution in [3.05, 3.63) is 12.1 Å². The number of hydrogen-bond acceptors (Lipinski definition) is 5. The molecule has 1 rings (SSSR count). The van der Waals surface area contributed by atoms with Crippen molar-refractivity contribution < 1.29 is 27.2 Å². The molecule has 0 aliphatic rings. The lowest BCUT2D eigenvalue weighted by atomic mass is 10.1. The minimum absolute atomic E-state index is 0.213. The highest BCUT2D eigenvalue weighted by molar-refractivity contribution is 7.85. The molecule has 0 heterocycles. The Bertz CT molecular complexity index is 932. The first-order valence-corrected chi connectivity index (χ1v) is 22.4. The van der Waals surface area contributed by atoms with Gasteiger partial charge in [0, 0.05) is 12.1 Å². The average Bonchev–Trinajstić information content (AvgIpc) is 3.08. The molecule has 49 heavy (non-hydrogen) atoms. The Hall–Kier alpha value is -1.47. The van der Waals surface area contributed by atoms with E-state index in [-0.39, 0.29) is 4.90 Å². The molecule has 0 radical (unpaired) electrons. The minimum Gasteiger partial charge on any atom is -0.490 e. The molecule has 0 fully saturated rings. The molecule has 0 aliphatic heterocycles. The average molecular weight is 711 g/mol. The Kier molecular flexibility index (Phi) is 30.2. The molecule has 1 aromatic carbocycles. The largest absolute Gasteiger partial charge is 0.490 e.